The molecular formula is C22H23N3O3S. The second-order valence-corrected chi connectivity index (χ2v) is 8.04. The van der Waals surface area contributed by atoms with Gasteiger partial charge in [-0.05, 0) is 37.1 Å². The zero-order chi connectivity index (χ0) is 20.4. The van der Waals surface area contributed by atoms with E-state index in [4.69, 9.17) is 4.74 Å². The second-order valence-electron chi connectivity index (χ2n) is 7.10. The van der Waals surface area contributed by atoms with Crippen LogP contribution in [0.15, 0.2) is 58.5 Å². The Hall–Kier alpha value is -2.64. The maximum absolute atomic E-state index is 13.0. The number of aromatic nitrogens is 2. The van der Waals surface area contributed by atoms with E-state index in [9.17, 15) is 9.59 Å². The van der Waals surface area contributed by atoms with Crippen molar-refractivity contribution in [2.24, 2.45) is 0 Å². The number of hydrogen-bond acceptors (Lipinski definition) is 5. The van der Waals surface area contributed by atoms with E-state index in [1.54, 1.807) is 17.7 Å². The van der Waals surface area contributed by atoms with E-state index in [0.717, 1.165) is 12.1 Å². The average Bonchev–Trinajstić information content (AvgIpc) is 3.07. The van der Waals surface area contributed by atoms with Crippen LogP contribution >= 0.6 is 11.8 Å². The highest BCUT2D eigenvalue weighted by molar-refractivity contribution is 7.99. The van der Waals surface area contributed by atoms with Crippen molar-refractivity contribution in [2.45, 2.75) is 31.1 Å². The quantitative estimate of drug-likeness (QED) is 0.462. The normalized spacial score (nSPS) is 15.7. The van der Waals surface area contributed by atoms with Gasteiger partial charge in [-0.2, -0.15) is 0 Å². The molecule has 1 aliphatic rings. The fourth-order valence-electron chi connectivity index (χ4n) is 3.78. The molecule has 1 amide bonds. The van der Waals surface area contributed by atoms with E-state index in [1.807, 2.05) is 41.3 Å². The van der Waals surface area contributed by atoms with Gasteiger partial charge in [0.15, 0.2) is 5.16 Å². The molecule has 2 aromatic carbocycles. The van der Waals surface area contributed by atoms with Gasteiger partial charge in [0.25, 0.3) is 5.56 Å². The molecule has 0 fully saturated rings. The molecule has 1 aliphatic heterocycles. The summed E-state index contributed by atoms with van der Waals surface area (Å²) < 4.78 is 6.76. The minimum Gasteiger partial charge on any atom is -0.383 e. The van der Waals surface area contributed by atoms with E-state index >= 15 is 0 Å². The molecular weight excluding hydrogens is 386 g/mol. The van der Waals surface area contributed by atoms with Gasteiger partial charge in [0.05, 0.1) is 29.8 Å². The first kappa shape index (κ1) is 19.7. The van der Waals surface area contributed by atoms with Gasteiger partial charge in [0, 0.05) is 18.8 Å². The third-order valence-corrected chi connectivity index (χ3v) is 6.11. The lowest BCUT2D eigenvalue weighted by molar-refractivity contribution is -0.116. The molecule has 0 N–H and O–H groups in total. The van der Waals surface area contributed by atoms with Crippen molar-refractivity contribution < 1.29 is 9.53 Å². The molecule has 29 heavy (non-hydrogen) atoms. The topological polar surface area (TPSA) is 64.4 Å². The highest BCUT2D eigenvalue weighted by atomic mass is 32.2. The minimum absolute atomic E-state index is 0.0214. The SMILES string of the molecule is COCCn1c(SCC(=O)N2c3ccccc3CC2C)nc2ccccc2c1=O. The zero-order valence-corrected chi connectivity index (χ0v) is 17.3. The molecule has 150 valence electrons. The van der Waals surface area contributed by atoms with Gasteiger partial charge >= 0.3 is 0 Å². The van der Waals surface area contributed by atoms with Crippen molar-refractivity contribution >= 4 is 34.3 Å². The third-order valence-electron chi connectivity index (χ3n) is 5.15. The number of methoxy groups -OCH3 is 1. The summed E-state index contributed by atoms with van der Waals surface area (Å²) in [5.41, 5.74) is 2.71. The number of carbonyl (C=O) groups excluding carboxylic acids is 1. The Morgan fingerprint density at radius 1 is 1.21 bits per heavy atom. The summed E-state index contributed by atoms with van der Waals surface area (Å²) in [5, 5.41) is 1.11. The number of ether oxygens (including phenoxy) is 1. The van der Waals surface area contributed by atoms with Gasteiger partial charge in [0.1, 0.15) is 0 Å². The average molecular weight is 410 g/mol. The Bertz CT molecular complexity index is 1110. The molecule has 0 saturated heterocycles. The van der Waals surface area contributed by atoms with Crippen molar-refractivity contribution in [1.82, 2.24) is 9.55 Å². The van der Waals surface area contributed by atoms with Crippen LogP contribution in [-0.2, 0) is 22.5 Å². The highest BCUT2D eigenvalue weighted by Crippen LogP contribution is 2.32. The first-order chi connectivity index (χ1) is 14.1. The lowest BCUT2D eigenvalue weighted by Gasteiger charge is -2.22. The molecule has 3 aromatic rings. The molecule has 6 nitrogen and oxygen atoms in total. The molecule has 0 saturated carbocycles. The number of anilines is 1. The van der Waals surface area contributed by atoms with Gasteiger partial charge in [-0.1, -0.05) is 42.1 Å². The molecule has 0 radical (unpaired) electrons. The largest absolute Gasteiger partial charge is 0.383 e. The first-order valence-electron chi connectivity index (χ1n) is 9.61. The fraction of sp³-hybridized carbons (Fsp3) is 0.318. The van der Waals surface area contributed by atoms with Crippen molar-refractivity contribution in [3.63, 3.8) is 0 Å². The monoisotopic (exact) mass is 409 g/mol. The van der Waals surface area contributed by atoms with Crippen LogP contribution in [0.3, 0.4) is 0 Å². The Morgan fingerprint density at radius 3 is 2.79 bits per heavy atom. The zero-order valence-electron chi connectivity index (χ0n) is 16.5. The summed E-state index contributed by atoms with van der Waals surface area (Å²) in [6.07, 6.45) is 0.860. The van der Waals surface area contributed by atoms with E-state index in [1.165, 1.54) is 17.3 Å². The fourth-order valence-corrected chi connectivity index (χ4v) is 4.66. The molecule has 0 bridgehead atoms. The van der Waals surface area contributed by atoms with Crippen LogP contribution in [0.5, 0.6) is 0 Å². The Labute approximate surface area is 173 Å². The molecule has 1 unspecified atom stereocenters. The van der Waals surface area contributed by atoms with Crippen LogP contribution in [0.25, 0.3) is 10.9 Å². The van der Waals surface area contributed by atoms with Crippen molar-refractivity contribution in [3.8, 4) is 0 Å². The van der Waals surface area contributed by atoms with E-state index in [2.05, 4.69) is 18.0 Å². The van der Waals surface area contributed by atoms with Crippen molar-refractivity contribution in [2.75, 3.05) is 24.4 Å². The number of nitrogens with zero attached hydrogens (tertiary/aromatic N) is 3. The molecule has 7 heteroatoms. The van der Waals surface area contributed by atoms with Crippen LogP contribution < -0.4 is 10.5 Å². The van der Waals surface area contributed by atoms with E-state index < -0.39 is 0 Å². The predicted molar refractivity (Wildman–Crippen MR) is 116 cm³/mol. The second kappa shape index (κ2) is 8.39. The summed E-state index contributed by atoms with van der Waals surface area (Å²) in [7, 11) is 1.60. The van der Waals surface area contributed by atoms with Crippen LogP contribution in [0, 0.1) is 0 Å². The summed E-state index contributed by atoms with van der Waals surface area (Å²) >= 11 is 1.30. The molecule has 1 atom stereocenters. The highest BCUT2D eigenvalue weighted by Gasteiger charge is 2.30. The van der Waals surface area contributed by atoms with E-state index in [-0.39, 0.29) is 23.3 Å². The van der Waals surface area contributed by atoms with Crippen molar-refractivity contribution in [3.05, 3.63) is 64.4 Å². The summed E-state index contributed by atoms with van der Waals surface area (Å²) in [6.45, 7) is 2.86. The van der Waals surface area contributed by atoms with Gasteiger partial charge in [-0.3, -0.25) is 14.2 Å². The number of hydrogen-bond donors (Lipinski definition) is 0. The Kier molecular flexibility index (Phi) is 5.69. The number of amides is 1. The summed E-state index contributed by atoms with van der Waals surface area (Å²) in [6, 6.07) is 15.4. The summed E-state index contributed by atoms with van der Waals surface area (Å²) in [4.78, 5) is 32.5. The molecule has 1 aromatic heterocycles. The number of para-hydroxylation sites is 2. The molecule has 4 rings (SSSR count). The number of thioether (sulfide) groups is 1. The van der Waals surface area contributed by atoms with Gasteiger partial charge in [-0.25, -0.2) is 4.98 Å². The number of carbonyl (C=O) groups is 1. The van der Waals surface area contributed by atoms with Gasteiger partial charge in [-0.15, -0.1) is 0 Å². The lowest BCUT2D eigenvalue weighted by atomic mass is 10.1. The predicted octanol–water partition coefficient (Wildman–Crippen LogP) is 3.11. The standard InChI is InChI=1S/C22H23N3O3S/c1-15-13-16-7-3-6-10-19(16)25(15)20(26)14-29-22-23-18-9-5-4-8-17(18)21(27)24(22)11-12-28-2/h3-10,15H,11-14H2,1-2H3. The minimum atomic E-state index is -0.109. The number of fused-ring (bicyclic) bond motifs is 2. The van der Waals surface area contributed by atoms with Crippen LogP contribution in [0.4, 0.5) is 5.69 Å². The Morgan fingerprint density at radius 2 is 1.97 bits per heavy atom. The Balaban J connectivity index is 1.61. The summed E-state index contributed by atoms with van der Waals surface area (Å²) in [5.74, 6) is 0.240. The third kappa shape index (κ3) is 3.80. The maximum Gasteiger partial charge on any atom is 0.262 e. The lowest BCUT2D eigenvalue weighted by Crippen LogP contribution is -2.37. The maximum atomic E-state index is 13.0. The smallest absolute Gasteiger partial charge is 0.262 e. The van der Waals surface area contributed by atoms with Gasteiger partial charge in [0.2, 0.25) is 5.91 Å². The molecule has 0 spiro atoms. The molecule has 2 heterocycles. The number of rotatable bonds is 6. The van der Waals surface area contributed by atoms with Crippen LogP contribution in [0.1, 0.15) is 12.5 Å². The van der Waals surface area contributed by atoms with E-state index in [0.29, 0.717) is 29.2 Å². The van der Waals surface area contributed by atoms with Crippen molar-refractivity contribution in [1.29, 1.82) is 0 Å². The van der Waals surface area contributed by atoms with Gasteiger partial charge < -0.3 is 9.64 Å². The molecule has 0 aliphatic carbocycles. The van der Waals surface area contributed by atoms with Crippen LogP contribution in [0.2, 0.25) is 0 Å². The van der Waals surface area contributed by atoms with Crippen LogP contribution in [-0.4, -0.2) is 41.0 Å². The number of benzene rings is 2. The first-order valence-corrected chi connectivity index (χ1v) is 10.6.